The van der Waals surface area contributed by atoms with Crippen molar-refractivity contribution in [3.8, 4) is 0 Å². The summed E-state index contributed by atoms with van der Waals surface area (Å²) >= 11 is 0. The molecule has 2 aromatic heterocycles. The molecule has 0 saturated carbocycles. The van der Waals surface area contributed by atoms with Crippen LogP contribution in [-0.4, -0.2) is 46.3 Å². The van der Waals surface area contributed by atoms with Gasteiger partial charge in [-0.25, -0.2) is 9.78 Å². The maximum atomic E-state index is 12.6. The molecule has 0 unspecified atom stereocenters. The summed E-state index contributed by atoms with van der Waals surface area (Å²) in [7, 11) is 0. The number of para-hydroxylation sites is 2. The van der Waals surface area contributed by atoms with Crippen LogP contribution in [0.3, 0.4) is 0 Å². The minimum Gasteiger partial charge on any atom is -0.378 e. The first-order chi connectivity index (χ1) is 13.7. The smallest absolute Gasteiger partial charge is 0.329 e. The van der Waals surface area contributed by atoms with Gasteiger partial charge in [0.1, 0.15) is 12.4 Å². The monoisotopic (exact) mass is 381 g/mol. The third kappa shape index (κ3) is 3.50. The van der Waals surface area contributed by atoms with E-state index in [4.69, 9.17) is 4.74 Å². The summed E-state index contributed by atoms with van der Waals surface area (Å²) in [5, 5.41) is 2.78. The number of nitrogens with one attached hydrogen (secondary N) is 1. The molecule has 0 spiro atoms. The van der Waals surface area contributed by atoms with E-state index in [2.05, 4.69) is 15.2 Å². The fourth-order valence-corrected chi connectivity index (χ4v) is 3.53. The number of rotatable bonds is 5. The topological polar surface area (TPSA) is 81.4 Å². The number of carbonyl (C=O) groups excluding carboxylic acids is 1. The first-order valence-corrected chi connectivity index (χ1v) is 9.44. The van der Waals surface area contributed by atoms with E-state index in [1.165, 1.54) is 4.57 Å². The normalized spacial score (nSPS) is 14.4. The first kappa shape index (κ1) is 18.2. The predicted octanol–water partition coefficient (Wildman–Crippen LogP) is 1.69. The van der Waals surface area contributed by atoms with Gasteiger partial charge in [-0.05, 0) is 31.2 Å². The summed E-state index contributed by atoms with van der Waals surface area (Å²) < 4.78 is 8.52. The molecule has 3 heterocycles. The Morgan fingerprint density at radius 3 is 2.46 bits per heavy atom. The number of aryl methyl sites for hydroxylation is 1. The minimum absolute atomic E-state index is 0.0563. The van der Waals surface area contributed by atoms with Gasteiger partial charge in [0.15, 0.2) is 0 Å². The van der Waals surface area contributed by atoms with Gasteiger partial charge in [0, 0.05) is 19.6 Å². The van der Waals surface area contributed by atoms with Crippen molar-refractivity contribution in [2.24, 2.45) is 0 Å². The quantitative estimate of drug-likeness (QED) is 0.727. The summed E-state index contributed by atoms with van der Waals surface area (Å²) in [5.74, 6) is 0.182. The molecule has 0 aliphatic carbocycles. The number of fused-ring (bicyclic) bond motifs is 1. The van der Waals surface area contributed by atoms with Crippen molar-refractivity contribution in [3.05, 3.63) is 53.1 Å². The van der Waals surface area contributed by atoms with E-state index in [1.807, 2.05) is 37.3 Å². The summed E-state index contributed by atoms with van der Waals surface area (Å²) in [4.78, 5) is 31.7. The van der Waals surface area contributed by atoms with Gasteiger partial charge in [-0.2, -0.15) is 0 Å². The summed E-state index contributed by atoms with van der Waals surface area (Å²) in [6.07, 6.45) is 1.75. The zero-order valence-electron chi connectivity index (χ0n) is 15.8. The Kier molecular flexibility index (Phi) is 5.12. The largest absolute Gasteiger partial charge is 0.378 e. The van der Waals surface area contributed by atoms with Gasteiger partial charge in [0.2, 0.25) is 5.91 Å². The second-order valence-corrected chi connectivity index (χ2v) is 6.65. The number of anilines is 2. The molecule has 3 aromatic rings. The van der Waals surface area contributed by atoms with Crippen LogP contribution in [0.5, 0.6) is 0 Å². The molecule has 1 aromatic carbocycles. The van der Waals surface area contributed by atoms with Crippen molar-refractivity contribution in [1.29, 1.82) is 0 Å². The number of ether oxygens (including phenoxy) is 1. The number of imidazole rings is 1. The van der Waals surface area contributed by atoms with E-state index in [0.717, 1.165) is 29.8 Å². The summed E-state index contributed by atoms with van der Waals surface area (Å²) in [6, 6.07) is 11.2. The van der Waals surface area contributed by atoms with E-state index >= 15 is 0 Å². The van der Waals surface area contributed by atoms with Crippen molar-refractivity contribution in [3.63, 3.8) is 0 Å². The van der Waals surface area contributed by atoms with Crippen molar-refractivity contribution in [2.75, 3.05) is 36.5 Å². The molecule has 146 valence electrons. The molecule has 1 N–H and O–H groups in total. The van der Waals surface area contributed by atoms with Crippen LogP contribution in [0.4, 0.5) is 11.5 Å². The molecular weight excluding hydrogens is 358 g/mol. The average molecular weight is 381 g/mol. The van der Waals surface area contributed by atoms with Crippen molar-refractivity contribution in [2.45, 2.75) is 20.0 Å². The Morgan fingerprint density at radius 2 is 1.82 bits per heavy atom. The second-order valence-electron chi connectivity index (χ2n) is 6.65. The lowest BCUT2D eigenvalue weighted by atomic mass is 10.3. The zero-order valence-corrected chi connectivity index (χ0v) is 15.8. The highest BCUT2D eigenvalue weighted by Gasteiger charge is 2.15. The number of pyridine rings is 1. The molecule has 1 amide bonds. The SMILES string of the molecule is CCn1c(=O)n(CC(=O)Nc2ccc(N3CCOCC3)cn2)c2ccccc21. The molecule has 8 heteroatoms. The van der Waals surface area contributed by atoms with Crippen molar-refractivity contribution >= 4 is 28.4 Å². The lowest BCUT2D eigenvalue weighted by Gasteiger charge is -2.28. The van der Waals surface area contributed by atoms with Crippen LogP contribution in [0.15, 0.2) is 47.4 Å². The summed E-state index contributed by atoms with van der Waals surface area (Å²) in [5.41, 5.74) is 2.40. The van der Waals surface area contributed by atoms with E-state index in [0.29, 0.717) is 25.6 Å². The fraction of sp³-hybridized carbons (Fsp3) is 0.350. The lowest BCUT2D eigenvalue weighted by molar-refractivity contribution is -0.116. The molecule has 1 aliphatic heterocycles. The standard InChI is InChI=1S/C20H23N5O3/c1-2-24-16-5-3-4-6-17(16)25(20(24)27)14-19(26)22-18-8-7-15(13-21-18)23-9-11-28-12-10-23/h3-8,13H,2,9-12,14H2,1H3,(H,21,22,26). The summed E-state index contributed by atoms with van der Waals surface area (Å²) in [6.45, 7) is 5.49. The lowest BCUT2D eigenvalue weighted by Crippen LogP contribution is -2.36. The van der Waals surface area contributed by atoms with Gasteiger partial charge in [-0.3, -0.25) is 13.9 Å². The third-order valence-electron chi connectivity index (χ3n) is 4.93. The van der Waals surface area contributed by atoms with Gasteiger partial charge in [0.05, 0.1) is 36.1 Å². The number of benzene rings is 1. The van der Waals surface area contributed by atoms with Crippen LogP contribution in [0.25, 0.3) is 11.0 Å². The van der Waals surface area contributed by atoms with Crippen LogP contribution in [0, 0.1) is 0 Å². The van der Waals surface area contributed by atoms with E-state index in [-0.39, 0.29) is 18.1 Å². The first-order valence-electron chi connectivity index (χ1n) is 9.44. The number of carbonyl (C=O) groups is 1. The molecule has 0 atom stereocenters. The Bertz CT molecular complexity index is 1030. The maximum absolute atomic E-state index is 12.6. The number of morpholine rings is 1. The predicted molar refractivity (Wildman–Crippen MR) is 108 cm³/mol. The maximum Gasteiger partial charge on any atom is 0.329 e. The van der Waals surface area contributed by atoms with Crippen molar-refractivity contribution < 1.29 is 9.53 Å². The minimum atomic E-state index is -0.285. The molecule has 1 fully saturated rings. The number of hydrogen-bond acceptors (Lipinski definition) is 5. The Hall–Kier alpha value is -3.13. The van der Waals surface area contributed by atoms with Gasteiger partial charge < -0.3 is 15.0 Å². The Balaban J connectivity index is 1.48. The number of amides is 1. The second kappa shape index (κ2) is 7.85. The zero-order chi connectivity index (χ0) is 19.5. The van der Waals surface area contributed by atoms with E-state index in [1.54, 1.807) is 16.8 Å². The molecule has 1 saturated heterocycles. The van der Waals surface area contributed by atoms with E-state index < -0.39 is 0 Å². The average Bonchev–Trinajstić information content (AvgIpc) is 3.00. The van der Waals surface area contributed by atoms with Gasteiger partial charge in [-0.15, -0.1) is 0 Å². The molecule has 0 radical (unpaired) electrons. The van der Waals surface area contributed by atoms with Gasteiger partial charge in [0.25, 0.3) is 0 Å². The number of aromatic nitrogens is 3. The molecule has 8 nitrogen and oxygen atoms in total. The van der Waals surface area contributed by atoms with Crippen LogP contribution in [0.2, 0.25) is 0 Å². The van der Waals surface area contributed by atoms with Crippen molar-refractivity contribution in [1.82, 2.24) is 14.1 Å². The number of hydrogen-bond donors (Lipinski definition) is 1. The molecular formula is C20H23N5O3. The van der Waals surface area contributed by atoms with Gasteiger partial charge in [-0.1, -0.05) is 12.1 Å². The highest BCUT2D eigenvalue weighted by molar-refractivity contribution is 5.90. The highest BCUT2D eigenvalue weighted by atomic mass is 16.5. The van der Waals surface area contributed by atoms with Crippen LogP contribution in [0.1, 0.15) is 6.92 Å². The molecule has 0 bridgehead atoms. The Labute approximate surface area is 162 Å². The van der Waals surface area contributed by atoms with Crippen LogP contribution >= 0.6 is 0 Å². The fourth-order valence-electron chi connectivity index (χ4n) is 3.53. The Morgan fingerprint density at radius 1 is 1.11 bits per heavy atom. The van der Waals surface area contributed by atoms with Crippen LogP contribution in [-0.2, 0) is 22.6 Å². The van der Waals surface area contributed by atoms with Crippen LogP contribution < -0.4 is 15.9 Å². The van der Waals surface area contributed by atoms with Gasteiger partial charge >= 0.3 is 5.69 Å². The van der Waals surface area contributed by atoms with E-state index in [9.17, 15) is 9.59 Å². The molecule has 1 aliphatic rings. The number of nitrogens with zero attached hydrogens (tertiary/aromatic N) is 4. The highest BCUT2D eigenvalue weighted by Crippen LogP contribution is 2.17. The molecule has 4 rings (SSSR count). The third-order valence-corrected chi connectivity index (χ3v) is 4.93. The molecule has 28 heavy (non-hydrogen) atoms.